The average molecular weight is 351 g/mol. The third-order valence-electron chi connectivity index (χ3n) is 3.30. The maximum atomic E-state index is 13.8. The third-order valence-corrected chi connectivity index (χ3v) is 5.38. The smallest absolute Gasteiger partial charge is 0.246 e. The van der Waals surface area contributed by atoms with Gasteiger partial charge in [0, 0.05) is 25.2 Å². The average Bonchev–Trinajstić information content (AvgIpc) is 2.47. The highest BCUT2D eigenvalue weighted by molar-refractivity contribution is 7.89. The summed E-state index contributed by atoms with van der Waals surface area (Å²) in [6, 6.07) is 3.30. The van der Waals surface area contributed by atoms with Crippen LogP contribution in [0.4, 0.5) is 4.39 Å². The van der Waals surface area contributed by atoms with Crippen molar-refractivity contribution in [1.82, 2.24) is 9.21 Å². The lowest BCUT2D eigenvalue weighted by molar-refractivity contribution is -0.135. The molecule has 122 valence electrons. The Morgan fingerprint density at radius 3 is 2.64 bits per heavy atom. The summed E-state index contributed by atoms with van der Waals surface area (Å²) in [6.07, 6.45) is 0. The summed E-state index contributed by atoms with van der Waals surface area (Å²) in [4.78, 5) is 13.1. The molecule has 0 atom stereocenters. The third kappa shape index (κ3) is 3.75. The highest BCUT2D eigenvalue weighted by atomic mass is 35.5. The first-order chi connectivity index (χ1) is 10.3. The molecule has 0 unspecified atom stereocenters. The van der Waals surface area contributed by atoms with E-state index in [1.54, 1.807) is 0 Å². The van der Waals surface area contributed by atoms with Crippen molar-refractivity contribution in [3.05, 3.63) is 29.0 Å². The summed E-state index contributed by atoms with van der Waals surface area (Å²) in [5, 5.41) is 0.100. The number of morpholine rings is 1. The lowest BCUT2D eigenvalue weighted by Gasteiger charge is -2.28. The topological polar surface area (TPSA) is 66.9 Å². The van der Waals surface area contributed by atoms with Crippen LogP contribution in [0, 0.1) is 5.82 Å². The summed E-state index contributed by atoms with van der Waals surface area (Å²) < 4.78 is 44.4. The number of halogens is 2. The molecule has 1 amide bonds. The van der Waals surface area contributed by atoms with Crippen LogP contribution in [0.15, 0.2) is 23.1 Å². The predicted molar refractivity (Wildman–Crippen MR) is 78.6 cm³/mol. The Morgan fingerprint density at radius 1 is 1.41 bits per heavy atom. The number of carbonyl (C=O) groups excluding carboxylic acids is 1. The standard InChI is InChI=1S/C13H16ClFN2O4S/c1-16(9-13(18)17-4-6-21-7-5-17)22(19,20)12-3-2-10(14)8-11(12)15/h2-3,8H,4-7,9H2,1H3. The molecule has 2 rings (SSSR count). The van der Waals surface area contributed by atoms with E-state index >= 15 is 0 Å². The molecule has 0 N–H and O–H groups in total. The van der Waals surface area contributed by atoms with Gasteiger partial charge in [-0.05, 0) is 18.2 Å². The van der Waals surface area contributed by atoms with Gasteiger partial charge in [-0.25, -0.2) is 12.8 Å². The van der Waals surface area contributed by atoms with Gasteiger partial charge in [0.25, 0.3) is 0 Å². The zero-order valence-corrected chi connectivity index (χ0v) is 13.5. The second-order valence-electron chi connectivity index (χ2n) is 4.83. The lowest BCUT2D eigenvalue weighted by atomic mass is 10.3. The fourth-order valence-electron chi connectivity index (χ4n) is 2.04. The van der Waals surface area contributed by atoms with Crippen LogP contribution in [-0.4, -0.2) is 63.4 Å². The van der Waals surface area contributed by atoms with Crippen molar-refractivity contribution in [3.63, 3.8) is 0 Å². The molecule has 9 heteroatoms. The summed E-state index contributed by atoms with van der Waals surface area (Å²) in [5.74, 6) is -1.29. The van der Waals surface area contributed by atoms with E-state index in [9.17, 15) is 17.6 Å². The molecule has 1 aromatic rings. The molecule has 0 saturated carbocycles. The van der Waals surface area contributed by atoms with Crippen LogP contribution in [0.3, 0.4) is 0 Å². The number of ether oxygens (including phenoxy) is 1. The maximum Gasteiger partial charge on any atom is 0.246 e. The molecule has 1 aromatic carbocycles. The lowest BCUT2D eigenvalue weighted by Crippen LogP contribution is -2.46. The minimum Gasteiger partial charge on any atom is -0.378 e. The van der Waals surface area contributed by atoms with E-state index in [1.165, 1.54) is 18.0 Å². The Hall–Kier alpha value is -1.22. The maximum absolute atomic E-state index is 13.8. The molecule has 1 saturated heterocycles. The number of carbonyl (C=O) groups is 1. The number of hydrogen-bond donors (Lipinski definition) is 0. The zero-order chi connectivity index (χ0) is 16.3. The van der Waals surface area contributed by atoms with Gasteiger partial charge in [0.2, 0.25) is 15.9 Å². The van der Waals surface area contributed by atoms with Gasteiger partial charge >= 0.3 is 0 Å². The van der Waals surface area contributed by atoms with Gasteiger partial charge in [0.1, 0.15) is 10.7 Å². The fourth-order valence-corrected chi connectivity index (χ4v) is 3.36. The van der Waals surface area contributed by atoms with Gasteiger partial charge in [0.05, 0.1) is 19.8 Å². The van der Waals surface area contributed by atoms with Gasteiger partial charge in [0.15, 0.2) is 0 Å². The van der Waals surface area contributed by atoms with Gasteiger partial charge in [-0.1, -0.05) is 11.6 Å². The van der Waals surface area contributed by atoms with Gasteiger partial charge in [-0.3, -0.25) is 4.79 Å². The number of likely N-dealkylation sites (N-methyl/N-ethyl adjacent to an activating group) is 1. The SMILES string of the molecule is CN(CC(=O)N1CCOCC1)S(=O)(=O)c1ccc(Cl)cc1F. The quantitative estimate of drug-likeness (QED) is 0.811. The number of amides is 1. The van der Waals surface area contributed by atoms with Gasteiger partial charge < -0.3 is 9.64 Å². The van der Waals surface area contributed by atoms with Gasteiger partial charge in [-0.15, -0.1) is 0 Å². The zero-order valence-electron chi connectivity index (χ0n) is 12.0. The minimum atomic E-state index is -4.10. The molecule has 0 spiro atoms. The normalized spacial score (nSPS) is 16.1. The van der Waals surface area contributed by atoms with Crippen LogP contribution in [0.5, 0.6) is 0 Å². The Labute approximate surface area is 133 Å². The summed E-state index contributed by atoms with van der Waals surface area (Å²) in [7, 11) is -2.86. The second kappa shape index (κ2) is 6.91. The van der Waals surface area contributed by atoms with Crippen LogP contribution in [0.1, 0.15) is 0 Å². The van der Waals surface area contributed by atoms with E-state index < -0.39 is 20.7 Å². The first-order valence-electron chi connectivity index (χ1n) is 6.59. The van der Waals surface area contributed by atoms with Gasteiger partial charge in [-0.2, -0.15) is 4.31 Å². The molecule has 6 nitrogen and oxygen atoms in total. The molecule has 1 heterocycles. The largest absolute Gasteiger partial charge is 0.378 e. The highest BCUT2D eigenvalue weighted by Crippen LogP contribution is 2.21. The summed E-state index contributed by atoms with van der Waals surface area (Å²) in [6.45, 7) is 1.33. The van der Waals surface area contributed by atoms with Crippen LogP contribution >= 0.6 is 11.6 Å². The number of hydrogen-bond acceptors (Lipinski definition) is 4. The van der Waals surface area contributed by atoms with E-state index in [0.717, 1.165) is 16.4 Å². The molecule has 0 aromatic heterocycles. The Morgan fingerprint density at radius 2 is 2.05 bits per heavy atom. The molecule has 22 heavy (non-hydrogen) atoms. The van der Waals surface area contributed by atoms with Crippen molar-refractivity contribution in [2.75, 3.05) is 39.9 Å². The highest BCUT2D eigenvalue weighted by Gasteiger charge is 2.28. The second-order valence-corrected chi connectivity index (χ2v) is 7.28. The number of nitrogens with zero attached hydrogens (tertiary/aromatic N) is 2. The number of benzene rings is 1. The number of rotatable bonds is 4. The molecule has 0 aliphatic carbocycles. The first kappa shape index (κ1) is 17.1. The van der Waals surface area contributed by atoms with Crippen molar-refractivity contribution in [2.45, 2.75) is 4.90 Å². The Kier molecular flexibility index (Phi) is 5.38. The van der Waals surface area contributed by atoms with Crippen LogP contribution in [0.2, 0.25) is 5.02 Å². The van der Waals surface area contributed by atoms with Crippen molar-refractivity contribution < 1.29 is 22.3 Å². The van der Waals surface area contributed by atoms with E-state index in [4.69, 9.17) is 16.3 Å². The molecule has 0 radical (unpaired) electrons. The van der Waals surface area contributed by atoms with Crippen LogP contribution < -0.4 is 0 Å². The van der Waals surface area contributed by atoms with Crippen molar-refractivity contribution in [2.24, 2.45) is 0 Å². The van der Waals surface area contributed by atoms with E-state index in [2.05, 4.69) is 0 Å². The Bertz CT molecular complexity index is 662. The van der Waals surface area contributed by atoms with E-state index in [-0.39, 0.29) is 17.5 Å². The molecular formula is C13H16ClFN2O4S. The first-order valence-corrected chi connectivity index (χ1v) is 8.41. The monoisotopic (exact) mass is 350 g/mol. The fraction of sp³-hybridized carbons (Fsp3) is 0.462. The van der Waals surface area contributed by atoms with Crippen LogP contribution in [0.25, 0.3) is 0 Å². The molecule has 1 aliphatic heterocycles. The van der Waals surface area contributed by atoms with Crippen molar-refractivity contribution >= 4 is 27.5 Å². The van der Waals surface area contributed by atoms with E-state index in [1.807, 2.05) is 0 Å². The molecule has 1 fully saturated rings. The van der Waals surface area contributed by atoms with Crippen LogP contribution in [-0.2, 0) is 19.6 Å². The molecule has 1 aliphatic rings. The van der Waals surface area contributed by atoms with Crippen molar-refractivity contribution in [1.29, 1.82) is 0 Å². The summed E-state index contributed by atoms with van der Waals surface area (Å²) in [5.41, 5.74) is 0. The predicted octanol–water partition coefficient (Wildman–Crippen LogP) is 0.958. The number of sulfonamides is 1. The van der Waals surface area contributed by atoms with E-state index in [0.29, 0.717) is 26.3 Å². The summed E-state index contributed by atoms with van der Waals surface area (Å²) >= 11 is 5.61. The van der Waals surface area contributed by atoms with Crippen molar-refractivity contribution in [3.8, 4) is 0 Å². The minimum absolute atomic E-state index is 0.100. The molecule has 0 bridgehead atoms. The molecular weight excluding hydrogens is 335 g/mol. The Balaban J connectivity index is 2.13.